The van der Waals surface area contributed by atoms with Crippen LogP contribution in [-0.4, -0.2) is 126 Å². The summed E-state index contributed by atoms with van der Waals surface area (Å²) in [4.78, 5) is 26.6. The van der Waals surface area contributed by atoms with Gasteiger partial charge in [0.15, 0.2) is 5.65 Å². The van der Waals surface area contributed by atoms with Crippen molar-refractivity contribution in [2.75, 3.05) is 62.8 Å². The van der Waals surface area contributed by atoms with Gasteiger partial charge in [0.05, 0.1) is 17.6 Å². The van der Waals surface area contributed by atoms with E-state index in [0.29, 0.717) is 29.2 Å². The van der Waals surface area contributed by atoms with Crippen molar-refractivity contribution < 1.29 is 9.90 Å². The summed E-state index contributed by atoms with van der Waals surface area (Å²) in [7, 11) is 2.08. The third kappa shape index (κ3) is 5.47. The second-order valence-electron chi connectivity index (χ2n) is 12.4. The number of piperazine rings is 2. The zero-order valence-corrected chi connectivity index (χ0v) is 25.4. The maximum Gasteiger partial charge on any atom is 0.247 e. The minimum absolute atomic E-state index is 0.0854. The quantitative estimate of drug-likeness (QED) is 0.402. The summed E-state index contributed by atoms with van der Waals surface area (Å²) in [5.74, 6) is 0.969. The van der Waals surface area contributed by atoms with Crippen LogP contribution in [0.1, 0.15) is 32.1 Å². The first-order valence-corrected chi connectivity index (χ1v) is 16.6. The van der Waals surface area contributed by atoms with Gasteiger partial charge in [-0.05, 0) is 63.5 Å². The molecule has 12 nitrogen and oxygen atoms in total. The van der Waals surface area contributed by atoms with Crippen LogP contribution in [0.25, 0.3) is 5.65 Å². The van der Waals surface area contributed by atoms with E-state index in [4.69, 9.17) is 4.98 Å². The minimum atomic E-state index is -0.334. The highest BCUT2D eigenvalue weighted by atomic mass is 32.2. The number of aliphatic hydroxyl groups is 1. The van der Waals surface area contributed by atoms with Crippen LogP contribution in [0.5, 0.6) is 0 Å². The van der Waals surface area contributed by atoms with Crippen molar-refractivity contribution in [2.45, 2.75) is 62.2 Å². The first-order chi connectivity index (χ1) is 20.4. The monoisotopic (exact) mass is 594 g/mol. The van der Waals surface area contributed by atoms with E-state index in [1.165, 1.54) is 6.42 Å². The van der Waals surface area contributed by atoms with Crippen LogP contribution >= 0.6 is 11.8 Å². The Labute approximate surface area is 251 Å². The molecule has 4 fully saturated rings. The van der Waals surface area contributed by atoms with E-state index in [1.54, 1.807) is 10.9 Å². The summed E-state index contributed by atoms with van der Waals surface area (Å²) >= 11 is 1.95. The highest BCUT2D eigenvalue weighted by Gasteiger charge is 2.46. The van der Waals surface area contributed by atoms with Crippen LogP contribution in [0.3, 0.4) is 0 Å². The average molecular weight is 595 g/mol. The van der Waals surface area contributed by atoms with Crippen LogP contribution in [0.15, 0.2) is 30.7 Å². The lowest BCUT2D eigenvalue weighted by molar-refractivity contribution is -0.133. The minimum Gasteiger partial charge on any atom is -0.378 e. The molecule has 2 bridgehead atoms. The van der Waals surface area contributed by atoms with Crippen LogP contribution in [0, 0.1) is 5.92 Å². The largest absolute Gasteiger partial charge is 0.378 e. The number of rotatable bonds is 8. The van der Waals surface area contributed by atoms with Gasteiger partial charge >= 0.3 is 0 Å². The number of nitrogens with one attached hydrogen (secondary N) is 1. The molecule has 226 valence electrons. The van der Waals surface area contributed by atoms with Gasteiger partial charge in [0.25, 0.3) is 0 Å². The van der Waals surface area contributed by atoms with E-state index in [2.05, 4.69) is 49.6 Å². The third-order valence-corrected chi connectivity index (χ3v) is 10.8. The Bertz CT molecular complexity index is 1390. The van der Waals surface area contributed by atoms with Crippen molar-refractivity contribution in [1.29, 1.82) is 0 Å². The Morgan fingerprint density at radius 2 is 1.93 bits per heavy atom. The topological polar surface area (TPSA) is 110 Å². The molecule has 1 aliphatic carbocycles. The molecule has 2 N–H and O–H groups in total. The first kappa shape index (κ1) is 27.9. The van der Waals surface area contributed by atoms with E-state index in [9.17, 15) is 9.90 Å². The normalized spacial score (nSPS) is 27.7. The van der Waals surface area contributed by atoms with Gasteiger partial charge in [-0.25, -0.2) is 4.52 Å². The molecule has 3 aliphatic heterocycles. The summed E-state index contributed by atoms with van der Waals surface area (Å²) in [5.41, 5.74) is 2.63. The number of fused-ring (bicyclic) bond motifs is 3. The average Bonchev–Trinajstić information content (AvgIpc) is 3.79. The van der Waals surface area contributed by atoms with Gasteiger partial charge in [0, 0.05) is 69.0 Å². The van der Waals surface area contributed by atoms with Gasteiger partial charge in [-0.2, -0.15) is 21.8 Å². The molecular formula is C29H42N10O2S. The predicted molar refractivity (Wildman–Crippen MR) is 164 cm³/mol. The lowest BCUT2D eigenvalue weighted by Crippen LogP contribution is -2.58. The van der Waals surface area contributed by atoms with E-state index >= 15 is 0 Å². The summed E-state index contributed by atoms with van der Waals surface area (Å²) in [6.45, 7) is 5.30. The zero-order chi connectivity index (χ0) is 28.8. The second-order valence-corrected chi connectivity index (χ2v) is 13.6. The van der Waals surface area contributed by atoms with Crippen molar-refractivity contribution in [3.63, 3.8) is 0 Å². The molecule has 0 spiro atoms. The highest BCUT2D eigenvalue weighted by molar-refractivity contribution is 7.99. The molecule has 6 heterocycles. The molecule has 7 rings (SSSR count). The molecule has 3 aromatic heterocycles. The van der Waals surface area contributed by atoms with E-state index < -0.39 is 0 Å². The molecule has 3 aromatic rings. The molecule has 5 unspecified atom stereocenters. The van der Waals surface area contributed by atoms with Crippen molar-refractivity contribution in [3.05, 3.63) is 30.7 Å². The number of anilines is 3. The summed E-state index contributed by atoms with van der Waals surface area (Å²) in [6.07, 6.45) is 13.0. The Morgan fingerprint density at radius 1 is 1.14 bits per heavy atom. The van der Waals surface area contributed by atoms with Gasteiger partial charge in [-0.1, -0.05) is 0 Å². The molecule has 0 aromatic carbocycles. The number of pyridine rings is 1. The summed E-state index contributed by atoms with van der Waals surface area (Å²) < 4.78 is 3.49. The van der Waals surface area contributed by atoms with E-state index in [-0.39, 0.29) is 18.7 Å². The fraction of sp³-hybridized carbons (Fsp3) is 0.655. The molecule has 1 amide bonds. The molecule has 13 heteroatoms. The van der Waals surface area contributed by atoms with Crippen molar-refractivity contribution in [2.24, 2.45) is 5.92 Å². The second kappa shape index (κ2) is 11.7. The number of nitrogens with zero attached hydrogens (tertiary/aromatic N) is 9. The lowest BCUT2D eigenvalue weighted by atomic mass is 10.0. The number of hydrogen-bond acceptors (Lipinski definition) is 10. The predicted octanol–water partition coefficient (Wildman–Crippen LogP) is 1.95. The van der Waals surface area contributed by atoms with Crippen molar-refractivity contribution >= 4 is 40.6 Å². The number of aliphatic hydroxyl groups excluding tert-OH is 1. The molecule has 3 saturated heterocycles. The Hall–Kier alpha value is -2.87. The van der Waals surface area contributed by atoms with Crippen molar-refractivity contribution in [3.8, 4) is 0 Å². The van der Waals surface area contributed by atoms with E-state index in [0.717, 1.165) is 82.0 Å². The van der Waals surface area contributed by atoms with Gasteiger partial charge < -0.3 is 25.1 Å². The molecule has 1 saturated carbocycles. The number of aromatic nitrogens is 5. The zero-order valence-electron chi connectivity index (χ0n) is 24.5. The lowest BCUT2D eigenvalue weighted by Gasteiger charge is -2.45. The number of amides is 1. The SMILES string of the molecule is CSC1CCC(C(O)N2C3CCC2CN(c2cccn4nc(Nc5cnn(CC(=O)N6CCN(C)CC6)c5)nc24)C3)C1. The van der Waals surface area contributed by atoms with Crippen LogP contribution in [0.4, 0.5) is 17.3 Å². The smallest absolute Gasteiger partial charge is 0.247 e. The fourth-order valence-corrected chi connectivity index (χ4v) is 8.21. The third-order valence-electron chi connectivity index (χ3n) is 9.75. The van der Waals surface area contributed by atoms with Gasteiger partial charge in [-0.3, -0.25) is 14.4 Å². The maximum atomic E-state index is 12.7. The first-order valence-electron chi connectivity index (χ1n) is 15.3. The molecular weight excluding hydrogens is 552 g/mol. The van der Waals surface area contributed by atoms with Gasteiger partial charge in [0.1, 0.15) is 12.8 Å². The molecule has 4 aliphatic rings. The van der Waals surface area contributed by atoms with Crippen LogP contribution in [0.2, 0.25) is 0 Å². The standard InChI is InChI=1S/C29H42N10O2S/c1-34-10-12-35(13-11-34)26(40)19-37-16-21(15-30-37)31-29-32-27-25(4-3-9-38(27)33-29)36-17-22-6-7-23(18-36)39(22)28(41)20-5-8-24(14-20)42-2/h3-4,9,15-16,20,22-24,28,41H,5-8,10-14,17-19H2,1-2H3,(H,31,33). The van der Waals surface area contributed by atoms with Gasteiger partial charge in [-0.15, -0.1) is 5.10 Å². The molecule has 0 radical (unpaired) electrons. The van der Waals surface area contributed by atoms with Crippen molar-refractivity contribution in [1.82, 2.24) is 39.1 Å². The van der Waals surface area contributed by atoms with Gasteiger partial charge in [0.2, 0.25) is 11.9 Å². The summed E-state index contributed by atoms with van der Waals surface area (Å²) in [6, 6.07) is 4.86. The number of carbonyl (C=O) groups excluding carboxylic acids is 1. The fourth-order valence-electron chi connectivity index (χ4n) is 7.40. The van der Waals surface area contributed by atoms with Crippen LogP contribution in [-0.2, 0) is 11.3 Å². The van der Waals surface area contributed by atoms with E-state index in [1.807, 2.05) is 39.6 Å². The number of likely N-dealkylation sites (N-methyl/N-ethyl adjacent to an activating group) is 1. The highest BCUT2D eigenvalue weighted by Crippen LogP contribution is 2.41. The Balaban J connectivity index is 1.01. The Kier molecular flexibility index (Phi) is 7.76. The number of thioether (sulfide) groups is 1. The maximum absolute atomic E-state index is 12.7. The number of carbonyl (C=O) groups is 1. The number of hydrogen-bond donors (Lipinski definition) is 2. The Morgan fingerprint density at radius 3 is 2.67 bits per heavy atom. The van der Waals surface area contributed by atoms with Crippen LogP contribution < -0.4 is 10.2 Å². The molecule has 5 atom stereocenters. The molecule has 42 heavy (non-hydrogen) atoms. The summed E-state index contributed by atoms with van der Waals surface area (Å²) in [5, 5.41) is 24.4.